The standard InChI is InChI=1S/C20H24N4O2/c1-16-14-18(26-21-16)15-22-10-12-24(13-11-22)20(25)7-9-23-8-6-17-4-2-3-5-19(17)23/h2-6,8,14H,7,9-13,15H2,1H3. The zero-order chi connectivity index (χ0) is 17.9. The van der Waals surface area contributed by atoms with Crippen molar-refractivity contribution in [1.29, 1.82) is 0 Å². The van der Waals surface area contributed by atoms with Crippen LogP contribution in [0, 0.1) is 6.92 Å². The van der Waals surface area contributed by atoms with Gasteiger partial charge in [-0.05, 0) is 24.4 Å². The number of aromatic nitrogens is 2. The van der Waals surface area contributed by atoms with Gasteiger partial charge in [-0.15, -0.1) is 0 Å². The molecule has 1 saturated heterocycles. The second-order valence-electron chi connectivity index (χ2n) is 6.91. The lowest BCUT2D eigenvalue weighted by Gasteiger charge is -2.34. The fourth-order valence-electron chi connectivity index (χ4n) is 3.58. The molecule has 0 unspecified atom stereocenters. The highest BCUT2D eigenvalue weighted by Crippen LogP contribution is 2.16. The van der Waals surface area contributed by atoms with Crippen molar-refractivity contribution in [2.45, 2.75) is 26.4 Å². The summed E-state index contributed by atoms with van der Waals surface area (Å²) < 4.78 is 7.44. The number of hydrogen-bond acceptors (Lipinski definition) is 4. The molecule has 0 bridgehead atoms. The van der Waals surface area contributed by atoms with Crippen LogP contribution in [0.2, 0.25) is 0 Å². The van der Waals surface area contributed by atoms with Crippen molar-refractivity contribution in [2.75, 3.05) is 26.2 Å². The van der Waals surface area contributed by atoms with Crippen molar-refractivity contribution in [3.8, 4) is 0 Å². The van der Waals surface area contributed by atoms with E-state index in [1.54, 1.807) is 0 Å². The van der Waals surface area contributed by atoms with Gasteiger partial charge in [0.1, 0.15) is 0 Å². The van der Waals surface area contributed by atoms with E-state index in [2.05, 4.69) is 39.0 Å². The Morgan fingerprint density at radius 3 is 2.73 bits per heavy atom. The number of amides is 1. The van der Waals surface area contributed by atoms with E-state index >= 15 is 0 Å². The van der Waals surface area contributed by atoms with Crippen LogP contribution in [0.5, 0.6) is 0 Å². The highest BCUT2D eigenvalue weighted by atomic mass is 16.5. The van der Waals surface area contributed by atoms with Gasteiger partial charge in [-0.3, -0.25) is 9.69 Å². The van der Waals surface area contributed by atoms with Gasteiger partial charge in [0.25, 0.3) is 0 Å². The third kappa shape index (κ3) is 3.65. The fourth-order valence-corrected chi connectivity index (χ4v) is 3.58. The first-order chi connectivity index (χ1) is 12.7. The molecular formula is C20H24N4O2. The van der Waals surface area contributed by atoms with Crippen LogP contribution in [0.3, 0.4) is 0 Å². The maximum absolute atomic E-state index is 12.6. The lowest BCUT2D eigenvalue weighted by Crippen LogP contribution is -2.48. The number of fused-ring (bicyclic) bond motifs is 1. The predicted octanol–water partition coefficient (Wildman–Crippen LogP) is 2.67. The summed E-state index contributed by atoms with van der Waals surface area (Å²) in [6.45, 7) is 6.71. The van der Waals surface area contributed by atoms with Gasteiger partial charge in [0.05, 0.1) is 12.2 Å². The van der Waals surface area contributed by atoms with Gasteiger partial charge in [0.2, 0.25) is 5.91 Å². The summed E-state index contributed by atoms with van der Waals surface area (Å²) >= 11 is 0. The van der Waals surface area contributed by atoms with E-state index < -0.39 is 0 Å². The number of hydrogen-bond donors (Lipinski definition) is 0. The van der Waals surface area contributed by atoms with Gasteiger partial charge < -0.3 is 14.0 Å². The number of piperazine rings is 1. The lowest BCUT2D eigenvalue weighted by atomic mass is 10.2. The highest BCUT2D eigenvalue weighted by molar-refractivity contribution is 5.80. The van der Waals surface area contributed by atoms with Crippen LogP contribution in [-0.2, 0) is 17.9 Å². The first-order valence-electron chi connectivity index (χ1n) is 9.15. The number of aryl methyl sites for hydroxylation is 2. The van der Waals surface area contributed by atoms with Crippen molar-refractivity contribution in [2.24, 2.45) is 0 Å². The molecule has 1 aliphatic heterocycles. The number of carbonyl (C=O) groups excluding carboxylic acids is 1. The summed E-state index contributed by atoms with van der Waals surface area (Å²) in [5.41, 5.74) is 2.10. The molecule has 1 aromatic carbocycles. The average Bonchev–Trinajstić information content (AvgIpc) is 3.26. The van der Waals surface area contributed by atoms with Crippen molar-refractivity contribution in [3.05, 3.63) is 54.0 Å². The normalized spacial score (nSPS) is 15.7. The quantitative estimate of drug-likeness (QED) is 0.708. The molecule has 0 atom stereocenters. The Hall–Kier alpha value is -2.60. The number of nitrogens with zero attached hydrogens (tertiary/aromatic N) is 4. The molecule has 1 amide bonds. The molecule has 26 heavy (non-hydrogen) atoms. The Morgan fingerprint density at radius 2 is 1.96 bits per heavy atom. The van der Waals surface area contributed by atoms with Crippen LogP contribution in [-0.4, -0.2) is 51.6 Å². The monoisotopic (exact) mass is 352 g/mol. The van der Waals surface area contributed by atoms with Crippen LogP contribution >= 0.6 is 0 Å². The molecule has 6 heteroatoms. The lowest BCUT2D eigenvalue weighted by molar-refractivity contribution is -0.133. The molecule has 0 N–H and O–H groups in total. The van der Waals surface area contributed by atoms with E-state index in [-0.39, 0.29) is 5.91 Å². The van der Waals surface area contributed by atoms with E-state index in [1.807, 2.05) is 30.0 Å². The molecule has 3 aromatic rings. The molecule has 3 heterocycles. The Morgan fingerprint density at radius 1 is 1.15 bits per heavy atom. The molecule has 136 valence electrons. The first kappa shape index (κ1) is 16.8. The van der Waals surface area contributed by atoms with Gasteiger partial charge in [-0.1, -0.05) is 23.4 Å². The van der Waals surface area contributed by atoms with Crippen molar-refractivity contribution in [3.63, 3.8) is 0 Å². The predicted molar refractivity (Wildman–Crippen MR) is 99.7 cm³/mol. The Labute approximate surface area is 153 Å². The van der Waals surface area contributed by atoms with E-state index in [1.165, 1.54) is 10.9 Å². The molecule has 0 radical (unpaired) electrons. The van der Waals surface area contributed by atoms with Crippen LogP contribution in [0.4, 0.5) is 0 Å². The number of rotatable bonds is 5. The molecular weight excluding hydrogens is 328 g/mol. The third-order valence-electron chi connectivity index (χ3n) is 5.03. The average molecular weight is 352 g/mol. The van der Waals surface area contributed by atoms with E-state index in [9.17, 15) is 4.79 Å². The number of benzene rings is 1. The van der Waals surface area contributed by atoms with Gasteiger partial charge in [-0.2, -0.15) is 0 Å². The zero-order valence-corrected chi connectivity index (χ0v) is 15.1. The van der Waals surface area contributed by atoms with E-state index in [4.69, 9.17) is 4.52 Å². The van der Waals surface area contributed by atoms with Gasteiger partial charge in [0.15, 0.2) is 5.76 Å². The minimum Gasteiger partial charge on any atom is -0.360 e. The molecule has 0 saturated carbocycles. The molecule has 6 nitrogen and oxygen atoms in total. The van der Waals surface area contributed by atoms with Crippen molar-refractivity contribution in [1.82, 2.24) is 19.5 Å². The summed E-state index contributed by atoms with van der Waals surface area (Å²) in [7, 11) is 0. The SMILES string of the molecule is Cc1cc(CN2CCN(C(=O)CCn3ccc4ccccc43)CC2)on1. The number of carbonyl (C=O) groups is 1. The van der Waals surface area contributed by atoms with Gasteiger partial charge >= 0.3 is 0 Å². The fraction of sp³-hybridized carbons (Fsp3) is 0.400. The smallest absolute Gasteiger partial charge is 0.224 e. The van der Waals surface area contributed by atoms with Crippen LogP contribution in [0.25, 0.3) is 10.9 Å². The summed E-state index contributed by atoms with van der Waals surface area (Å²) in [4.78, 5) is 16.9. The van der Waals surface area contributed by atoms with E-state index in [0.717, 1.165) is 50.7 Å². The Bertz CT molecular complexity index is 890. The summed E-state index contributed by atoms with van der Waals surface area (Å²) in [5, 5.41) is 5.15. The largest absolute Gasteiger partial charge is 0.360 e. The van der Waals surface area contributed by atoms with Crippen molar-refractivity contribution < 1.29 is 9.32 Å². The maximum atomic E-state index is 12.6. The molecule has 4 rings (SSSR count). The topological polar surface area (TPSA) is 54.5 Å². The molecule has 0 spiro atoms. The molecule has 1 aliphatic rings. The van der Waals surface area contributed by atoms with Crippen molar-refractivity contribution >= 4 is 16.8 Å². The Kier molecular flexibility index (Phi) is 4.75. The second kappa shape index (κ2) is 7.33. The minimum absolute atomic E-state index is 0.234. The van der Waals surface area contributed by atoms with Gasteiger partial charge in [0, 0.05) is 56.9 Å². The maximum Gasteiger partial charge on any atom is 0.224 e. The zero-order valence-electron chi connectivity index (χ0n) is 15.1. The Balaban J connectivity index is 1.27. The summed E-state index contributed by atoms with van der Waals surface area (Å²) in [5.74, 6) is 1.12. The summed E-state index contributed by atoms with van der Waals surface area (Å²) in [6, 6.07) is 12.3. The molecule has 2 aromatic heterocycles. The summed E-state index contributed by atoms with van der Waals surface area (Å²) in [6.07, 6.45) is 2.61. The van der Waals surface area contributed by atoms with Crippen LogP contribution < -0.4 is 0 Å². The second-order valence-corrected chi connectivity index (χ2v) is 6.91. The molecule has 1 fully saturated rings. The van der Waals surface area contributed by atoms with Crippen LogP contribution in [0.1, 0.15) is 17.9 Å². The first-order valence-corrected chi connectivity index (χ1v) is 9.15. The third-order valence-corrected chi connectivity index (χ3v) is 5.03. The van der Waals surface area contributed by atoms with Gasteiger partial charge in [-0.25, -0.2) is 0 Å². The highest BCUT2D eigenvalue weighted by Gasteiger charge is 2.21. The van der Waals surface area contributed by atoms with E-state index in [0.29, 0.717) is 6.42 Å². The number of para-hydroxylation sites is 1. The minimum atomic E-state index is 0.234. The molecule has 0 aliphatic carbocycles. The van der Waals surface area contributed by atoms with Crippen LogP contribution in [0.15, 0.2) is 47.1 Å².